The van der Waals surface area contributed by atoms with Gasteiger partial charge < -0.3 is 14.8 Å². The Balaban J connectivity index is 2.37. The summed E-state index contributed by atoms with van der Waals surface area (Å²) >= 11 is 0. The number of carboxylic acids is 1. The van der Waals surface area contributed by atoms with Crippen LogP contribution in [0.3, 0.4) is 0 Å². The van der Waals surface area contributed by atoms with Crippen molar-refractivity contribution < 1.29 is 14.6 Å². The fourth-order valence-corrected chi connectivity index (χ4v) is 1.53. The third-order valence-electron chi connectivity index (χ3n) is 2.11. The van der Waals surface area contributed by atoms with Crippen LogP contribution in [-0.4, -0.2) is 22.7 Å². The highest BCUT2D eigenvalue weighted by molar-refractivity contribution is 5.86. The van der Waals surface area contributed by atoms with Crippen molar-refractivity contribution in [1.82, 2.24) is 4.98 Å². The molecule has 15 heavy (non-hydrogen) atoms. The zero-order valence-electron chi connectivity index (χ0n) is 8.28. The van der Waals surface area contributed by atoms with E-state index in [1.807, 2.05) is 25.1 Å². The summed E-state index contributed by atoms with van der Waals surface area (Å²) in [6, 6.07) is 7.45. The average molecular weight is 205 g/mol. The molecule has 0 spiro atoms. The van der Waals surface area contributed by atoms with Gasteiger partial charge in [-0.25, -0.2) is 4.79 Å². The number of aromatic amines is 1. The topological polar surface area (TPSA) is 62.3 Å². The minimum Gasteiger partial charge on any atom is -0.481 e. The van der Waals surface area contributed by atoms with Gasteiger partial charge >= 0.3 is 5.97 Å². The van der Waals surface area contributed by atoms with Crippen LogP contribution in [0.15, 0.2) is 24.3 Å². The first kappa shape index (κ1) is 9.58. The molecule has 1 aromatic carbocycles. The first-order valence-corrected chi connectivity index (χ1v) is 4.60. The van der Waals surface area contributed by atoms with Gasteiger partial charge in [0.25, 0.3) is 0 Å². The zero-order chi connectivity index (χ0) is 10.8. The quantitative estimate of drug-likeness (QED) is 0.804. The Morgan fingerprint density at radius 1 is 1.53 bits per heavy atom. The fraction of sp³-hybridized carbons (Fsp3) is 0.182. The van der Waals surface area contributed by atoms with Crippen molar-refractivity contribution in [2.45, 2.75) is 6.92 Å². The van der Waals surface area contributed by atoms with E-state index in [1.165, 1.54) is 0 Å². The van der Waals surface area contributed by atoms with Crippen LogP contribution in [0.4, 0.5) is 0 Å². The van der Waals surface area contributed by atoms with E-state index in [0.717, 1.165) is 16.6 Å². The number of aryl methyl sites for hydroxylation is 1. The maximum absolute atomic E-state index is 10.4. The van der Waals surface area contributed by atoms with Crippen molar-refractivity contribution in [3.8, 4) is 5.75 Å². The molecule has 4 heteroatoms. The summed E-state index contributed by atoms with van der Waals surface area (Å²) in [7, 11) is 0. The number of benzene rings is 1. The van der Waals surface area contributed by atoms with Crippen LogP contribution >= 0.6 is 0 Å². The standard InChI is InChI=1S/C11H11NO3/c1-7-5-8-9(12-7)3-2-4-10(8)15-6-11(13)14/h2-5,12H,6H2,1H3,(H,13,14). The highest BCUT2D eigenvalue weighted by Crippen LogP contribution is 2.25. The molecule has 0 aliphatic heterocycles. The summed E-state index contributed by atoms with van der Waals surface area (Å²) in [5, 5.41) is 9.43. The van der Waals surface area contributed by atoms with Gasteiger partial charge in [-0.05, 0) is 25.1 Å². The lowest BCUT2D eigenvalue weighted by Gasteiger charge is -2.03. The molecular formula is C11H11NO3. The Bertz CT molecular complexity index is 502. The van der Waals surface area contributed by atoms with Crippen molar-refractivity contribution in [2.24, 2.45) is 0 Å². The van der Waals surface area contributed by atoms with Crippen LogP contribution in [0.5, 0.6) is 5.75 Å². The third kappa shape index (κ3) is 1.93. The molecule has 0 atom stereocenters. The second-order valence-corrected chi connectivity index (χ2v) is 3.35. The van der Waals surface area contributed by atoms with Gasteiger partial charge in [0.15, 0.2) is 6.61 Å². The van der Waals surface area contributed by atoms with Crippen molar-refractivity contribution in [2.75, 3.05) is 6.61 Å². The molecule has 0 saturated heterocycles. The number of ether oxygens (including phenoxy) is 1. The Labute approximate surface area is 86.5 Å². The number of aromatic nitrogens is 1. The molecule has 2 N–H and O–H groups in total. The highest BCUT2D eigenvalue weighted by atomic mass is 16.5. The molecular weight excluding hydrogens is 194 g/mol. The largest absolute Gasteiger partial charge is 0.481 e. The minimum absolute atomic E-state index is 0.316. The van der Waals surface area contributed by atoms with Crippen molar-refractivity contribution >= 4 is 16.9 Å². The van der Waals surface area contributed by atoms with E-state index in [-0.39, 0.29) is 6.61 Å². The molecule has 1 aromatic heterocycles. The maximum atomic E-state index is 10.4. The Hall–Kier alpha value is -1.97. The maximum Gasteiger partial charge on any atom is 0.341 e. The molecule has 0 unspecified atom stereocenters. The first-order chi connectivity index (χ1) is 7.16. The zero-order valence-corrected chi connectivity index (χ0v) is 8.28. The van der Waals surface area contributed by atoms with E-state index < -0.39 is 5.97 Å². The van der Waals surface area contributed by atoms with Gasteiger partial charge in [0, 0.05) is 16.6 Å². The monoisotopic (exact) mass is 205 g/mol. The van der Waals surface area contributed by atoms with Crippen molar-refractivity contribution in [1.29, 1.82) is 0 Å². The predicted octanol–water partition coefficient (Wildman–Crippen LogP) is 1.94. The lowest BCUT2D eigenvalue weighted by molar-refractivity contribution is -0.139. The van der Waals surface area contributed by atoms with E-state index in [1.54, 1.807) is 6.07 Å². The third-order valence-corrected chi connectivity index (χ3v) is 2.11. The fourth-order valence-electron chi connectivity index (χ4n) is 1.53. The lowest BCUT2D eigenvalue weighted by Crippen LogP contribution is -2.09. The number of carbonyl (C=O) groups is 1. The number of carboxylic acid groups (broad SMARTS) is 1. The highest BCUT2D eigenvalue weighted by Gasteiger charge is 2.05. The van der Waals surface area contributed by atoms with Gasteiger partial charge in [0.05, 0.1) is 0 Å². The Morgan fingerprint density at radius 2 is 2.33 bits per heavy atom. The number of H-pyrrole nitrogens is 1. The summed E-state index contributed by atoms with van der Waals surface area (Å²) < 4.78 is 5.17. The van der Waals surface area contributed by atoms with E-state index in [9.17, 15) is 4.79 Å². The van der Waals surface area contributed by atoms with Crippen LogP contribution in [0.1, 0.15) is 5.69 Å². The molecule has 0 aliphatic carbocycles. The summed E-state index contributed by atoms with van der Waals surface area (Å²) in [4.78, 5) is 13.5. The second kappa shape index (κ2) is 3.65. The normalized spacial score (nSPS) is 10.5. The molecule has 0 saturated carbocycles. The number of aliphatic carboxylic acids is 1. The molecule has 0 bridgehead atoms. The molecule has 4 nitrogen and oxygen atoms in total. The molecule has 0 amide bonds. The minimum atomic E-state index is -0.973. The van der Waals surface area contributed by atoms with Gasteiger partial charge in [0.1, 0.15) is 5.75 Å². The van der Waals surface area contributed by atoms with Crippen LogP contribution in [-0.2, 0) is 4.79 Å². The van der Waals surface area contributed by atoms with Gasteiger partial charge in [-0.1, -0.05) is 6.07 Å². The van der Waals surface area contributed by atoms with Crippen LogP contribution in [0.25, 0.3) is 10.9 Å². The number of fused-ring (bicyclic) bond motifs is 1. The number of rotatable bonds is 3. The number of nitrogens with one attached hydrogen (secondary N) is 1. The van der Waals surface area contributed by atoms with Crippen LogP contribution < -0.4 is 4.74 Å². The van der Waals surface area contributed by atoms with Gasteiger partial charge in [-0.2, -0.15) is 0 Å². The second-order valence-electron chi connectivity index (χ2n) is 3.35. The van der Waals surface area contributed by atoms with Crippen molar-refractivity contribution in [3.05, 3.63) is 30.0 Å². The van der Waals surface area contributed by atoms with Crippen LogP contribution in [0, 0.1) is 6.92 Å². The summed E-state index contributed by atoms with van der Waals surface area (Å²) in [6.07, 6.45) is 0. The average Bonchev–Trinajstić information content (AvgIpc) is 2.55. The molecule has 0 fully saturated rings. The van der Waals surface area contributed by atoms with Crippen molar-refractivity contribution in [3.63, 3.8) is 0 Å². The molecule has 2 rings (SSSR count). The molecule has 0 radical (unpaired) electrons. The molecule has 1 heterocycles. The van der Waals surface area contributed by atoms with Gasteiger partial charge in [-0.15, -0.1) is 0 Å². The number of hydrogen-bond donors (Lipinski definition) is 2. The van der Waals surface area contributed by atoms with Gasteiger partial charge in [0.2, 0.25) is 0 Å². The van der Waals surface area contributed by atoms with Crippen LogP contribution in [0.2, 0.25) is 0 Å². The van der Waals surface area contributed by atoms with E-state index in [0.29, 0.717) is 5.75 Å². The molecule has 78 valence electrons. The Kier molecular flexibility index (Phi) is 2.33. The predicted molar refractivity (Wildman–Crippen MR) is 56.2 cm³/mol. The van der Waals surface area contributed by atoms with E-state index in [4.69, 9.17) is 9.84 Å². The molecule has 2 aromatic rings. The lowest BCUT2D eigenvalue weighted by atomic mass is 10.2. The van der Waals surface area contributed by atoms with Gasteiger partial charge in [-0.3, -0.25) is 0 Å². The van der Waals surface area contributed by atoms with E-state index >= 15 is 0 Å². The first-order valence-electron chi connectivity index (χ1n) is 4.60. The van der Waals surface area contributed by atoms with E-state index in [2.05, 4.69) is 4.98 Å². The number of hydrogen-bond acceptors (Lipinski definition) is 2. The molecule has 0 aliphatic rings. The smallest absolute Gasteiger partial charge is 0.341 e. The Morgan fingerprint density at radius 3 is 3.07 bits per heavy atom. The summed E-state index contributed by atoms with van der Waals surface area (Å²) in [5.74, 6) is -0.376. The summed E-state index contributed by atoms with van der Waals surface area (Å²) in [6.45, 7) is 1.63. The SMILES string of the molecule is Cc1cc2c(OCC(=O)O)cccc2[nH]1. The summed E-state index contributed by atoms with van der Waals surface area (Å²) in [5.41, 5.74) is 1.98.